The summed E-state index contributed by atoms with van der Waals surface area (Å²) in [6, 6.07) is 0. The predicted octanol–water partition coefficient (Wildman–Crippen LogP) is 4.00. The number of rotatable bonds is 6. The molecule has 1 saturated carbocycles. The molecule has 1 rings (SSSR count). The highest BCUT2D eigenvalue weighted by Gasteiger charge is 2.15. The lowest BCUT2D eigenvalue weighted by molar-refractivity contribution is 0.330. The second-order valence-electron chi connectivity index (χ2n) is 5.83. The molecular formula is C15H29N. The number of allylic oxidation sites excluding steroid dienone is 1. The lowest BCUT2D eigenvalue weighted by Gasteiger charge is -2.23. The first-order chi connectivity index (χ1) is 7.68. The molecule has 0 bridgehead atoms. The van der Waals surface area contributed by atoms with Crippen molar-refractivity contribution in [2.45, 2.75) is 52.9 Å². The Morgan fingerprint density at radius 3 is 2.50 bits per heavy atom. The zero-order valence-electron chi connectivity index (χ0n) is 11.3. The Balaban J connectivity index is 1.99. The van der Waals surface area contributed by atoms with E-state index in [1.165, 1.54) is 32.1 Å². The van der Waals surface area contributed by atoms with Crippen molar-refractivity contribution in [3.05, 3.63) is 12.2 Å². The molecule has 1 heteroatoms. The van der Waals surface area contributed by atoms with Gasteiger partial charge in [-0.2, -0.15) is 0 Å². The Kier molecular flexibility index (Phi) is 6.79. The first-order valence-electron chi connectivity index (χ1n) is 7.06. The number of hydrogen-bond donors (Lipinski definition) is 1. The summed E-state index contributed by atoms with van der Waals surface area (Å²) in [5.41, 5.74) is 0. The second-order valence-corrected chi connectivity index (χ2v) is 5.83. The highest BCUT2D eigenvalue weighted by atomic mass is 14.8. The Labute approximate surface area is 102 Å². The van der Waals surface area contributed by atoms with Crippen molar-refractivity contribution in [3.63, 3.8) is 0 Å². The SMILES string of the molecule is CC(C)CNCCC=CC1CCC(C)CC1. The van der Waals surface area contributed by atoms with Gasteiger partial charge in [0, 0.05) is 0 Å². The van der Waals surface area contributed by atoms with Gasteiger partial charge in [-0.15, -0.1) is 0 Å². The monoisotopic (exact) mass is 223 g/mol. The molecule has 1 aliphatic carbocycles. The summed E-state index contributed by atoms with van der Waals surface area (Å²) in [6.45, 7) is 9.18. The molecule has 0 spiro atoms. The molecule has 0 heterocycles. The molecular weight excluding hydrogens is 194 g/mol. The van der Waals surface area contributed by atoms with Gasteiger partial charge in [-0.1, -0.05) is 45.8 Å². The van der Waals surface area contributed by atoms with Crippen molar-refractivity contribution in [2.24, 2.45) is 17.8 Å². The molecule has 0 amide bonds. The topological polar surface area (TPSA) is 12.0 Å². The predicted molar refractivity (Wildman–Crippen MR) is 72.6 cm³/mol. The molecule has 0 radical (unpaired) electrons. The molecule has 0 aromatic carbocycles. The average Bonchev–Trinajstić information content (AvgIpc) is 2.25. The zero-order valence-corrected chi connectivity index (χ0v) is 11.3. The van der Waals surface area contributed by atoms with Crippen LogP contribution in [-0.2, 0) is 0 Å². The van der Waals surface area contributed by atoms with E-state index < -0.39 is 0 Å². The van der Waals surface area contributed by atoms with Gasteiger partial charge in [0.05, 0.1) is 0 Å². The van der Waals surface area contributed by atoms with Crippen LogP contribution in [0.2, 0.25) is 0 Å². The van der Waals surface area contributed by atoms with Crippen LogP contribution in [0, 0.1) is 17.8 Å². The number of hydrogen-bond acceptors (Lipinski definition) is 1. The first kappa shape index (κ1) is 13.8. The van der Waals surface area contributed by atoms with Gasteiger partial charge in [-0.3, -0.25) is 0 Å². The van der Waals surface area contributed by atoms with Gasteiger partial charge in [0.2, 0.25) is 0 Å². The normalized spacial score (nSPS) is 26.8. The molecule has 1 nitrogen and oxygen atoms in total. The van der Waals surface area contributed by atoms with Crippen molar-refractivity contribution in [2.75, 3.05) is 13.1 Å². The van der Waals surface area contributed by atoms with Gasteiger partial charge >= 0.3 is 0 Å². The van der Waals surface area contributed by atoms with E-state index in [0.29, 0.717) is 0 Å². The molecule has 1 N–H and O–H groups in total. The van der Waals surface area contributed by atoms with Crippen LogP contribution in [0.5, 0.6) is 0 Å². The standard InChI is InChI=1S/C15H29N/c1-13(2)12-16-11-5-4-6-15-9-7-14(3)8-10-15/h4,6,13-16H,5,7-12H2,1-3H3. The van der Waals surface area contributed by atoms with Crippen LogP contribution in [0.1, 0.15) is 52.9 Å². The van der Waals surface area contributed by atoms with Crippen molar-refractivity contribution < 1.29 is 0 Å². The van der Waals surface area contributed by atoms with E-state index in [-0.39, 0.29) is 0 Å². The molecule has 0 unspecified atom stereocenters. The molecule has 1 aliphatic rings. The van der Waals surface area contributed by atoms with Gasteiger partial charge in [0.25, 0.3) is 0 Å². The van der Waals surface area contributed by atoms with Gasteiger partial charge < -0.3 is 5.32 Å². The molecule has 0 aliphatic heterocycles. The minimum atomic E-state index is 0.767. The van der Waals surface area contributed by atoms with Crippen LogP contribution in [0.15, 0.2) is 12.2 Å². The van der Waals surface area contributed by atoms with E-state index in [4.69, 9.17) is 0 Å². The van der Waals surface area contributed by atoms with E-state index in [1.807, 2.05) is 0 Å². The summed E-state index contributed by atoms with van der Waals surface area (Å²) in [7, 11) is 0. The fraction of sp³-hybridized carbons (Fsp3) is 0.867. The maximum Gasteiger partial charge on any atom is -0.00142 e. The van der Waals surface area contributed by atoms with Crippen LogP contribution in [-0.4, -0.2) is 13.1 Å². The van der Waals surface area contributed by atoms with Crippen LogP contribution in [0.3, 0.4) is 0 Å². The maximum atomic E-state index is 3.48. The lowest BCUT2D eigenvalue weighted by Crippen LogP contribution is -2.20. The average molecular weight is 223 g/mol. The van der Waals surface area contributed by atoms with Gasteiger partial charge in [-0.25, -0.2) is 0 Å². The highest BCUT2D eigenvalue weighted by Crippen LogP contribution is 2.28. The third kappa shape index (κ3) is 6.32. The Morgan fingerprint density at radius 1 is 1.19 bits per heavy atom. The lowest BCUT2D eigenvalue weighted by atomic mass is 9.83. The summed E-state index contributed by atoms with van der Waals surface area (Å²) in [4.78, 5) is 0. The highest BCUT2D eigenvalue weighted by molar-refractivity contribution is 4.90. The number of nitrogens with one attached hydrogen (secondary N) is 1. The summed E-state index contributed by atoms with van der Waals surface area (Å²) in [5.74, 6) is 2.61. The Bertz CT molecular complexity index is 188. The molecule has 1 fully saturated rings. The minimum Gasteiger partial charge on any atom is -0.316 e. The smallest absolute Gasteiger partial charge is 0.00142 e. The minimum absolute atomic E-state index is 0.767. The van der Waals surface area contributed by atoms with E-state index in [1.54, 1.807) is 0 Å². The zero-order chi connectivity index (χ0) is 11.8. The fourth-order valence-corrected chi connectivity index (χ4v) is 2.34. The first-order valence-corrected chi connectivity index (χ1v) is 7.06. The largest absolute Gasteiger partial charge is 0.316 e. The Morgan fingerprint density at radius 2 is 1.88 bits per heavy atom. The molecule has 16 heavy (non-hydrogen) atoms. The van der Waals surface area contributed by atoms with Gasteiger partial charge in [0.1, 0.15) is 0 Å². The van der Waals surface area contributed by atoms with Crippen molar-refractivity contribution in [3.8, 4) is 0 Å². The summed E-state index contributed by atoms with van der Waals surface area (Å²) < 4.78 is 0. The van der Waals surface area contributed by atoms with Crippen molar-refractivity contribution in [1.29, 1.82) is 0 Å². The van der Waals surface area contributed by atoms with Crippen molar-refractivity contribution >= 4 is 0 Å². The summed E-state index contributed by atoms with van der Waals surface area (Å²) >= 11 is 0. The van der Waals surface area contributed by atoms with Crippen molar-refractivity contribution in [1.82, 2.24) is 5.32 Å². The van der Waals surface area contributed by atoms with E-state index in [2.05, 4.69) is 38.2 Å². The maximum absolute atomic E-state index is 3.48. The quantitative estimate of drug-likeness (QED) is 0.530. The van der Waals surface area contributed by atoms with Gasteiger partial charge in [-0.05, 0) is 50.1 Å². The molecule has 0 saturated heterocycles. The molecule has 0 atom stereocenters. The summed E-state index contributed by atoms with van der Waals surface area (Å²) in [5, 5.41) is 3.48. The second kappa shape index (κ2) is 7.89. The third-order valence-electron chi connectivity index (χ3n) is 3.51. The molecule has 0 aromatic rings. The van der Waals surface area contributed by atoms with E-state index in [9.17, 15) is 0 Å². The molecule has 0 aromatic heterocycles. The fourth-order valence-electron chi connectivity index (χ4n) is 2.34. The Hall–Kier alpha value is -0.300. The van der Waals surface area contributed by atoms with E-state index >= 15 is 0 Å². The van der Waals surface area contributed by atoms with Gasteiger partial charge in [0.15, 0.2) is 0 Å². The molecule has 94 valence electrons. The third-order valence-corrected chi connectivity index (χ3v) is 3.51. The van der Waals surface area contributed by atoms with Crippen LogP contribution in [0.4, 0.5) is 0 Å². The van der Waals surface area contributed by atoms with Crippen LogP contribution < -0.4 is 5.32 Å². The van der Waals surface area contributed by atoms with E-state index in [0.717, 1.165) is 30.8 Å². The van der Waals surface area contributed by atoms with Crippen LogP contribution in [0.25, 0.3) is 0 Å². The van der Waals surface area contributed by atoms with Crippen LogP contribution >= 0.6 is 0 Å². The summed E-state index contributed by atoms with van der Waals surface area (Å²) in [6.07, 6.45) is 11.7.